The molecule has 33 heavy (non-hydrogen) atoms. The van der Waals surface area contributed by atoms with Crippen LogP contribution in [0.15, 0.2) is 42.5 Å². The maximum atomic E-state index is 14.2. The van der Waals surface area contributed by atoms with Crippen LogP contribution < -0.4 is 4.74 Å². The van der Waals surface area contributed by atoms with Gasteiger partial charge in [0.15, 0.2) is 0 Å². The minimum Gasteiger partial charge on any atom is -0.497 e. The van der Waals surface area contributed by atoms with E-state index in [-0.39, 0.29) is 11.8 Å². The van der Waals surface area contributed by atoms with Crippen LogP contribution in [0.25, 0.3) is 0 Å². The van der Waals surface area contributed by atoms with E-state index in [4.69, 9.17) is 9.47 Å². The van der Waals surface area contributed by atoms with Crippen molar-refractivity contribution in [1.29, 1.82) is 0 Å². The van der Waals surface area contributed by atoms with Crippen molar-refractivity contribution in [3.8, 4) is 5.75 Å². The van der Waals surface area contributed by atoms with Gasteiger partial charge in [-0.05, 0) is 68.7 Å². The van der Waals surface area contributed by atoms with Crippen LogP contribution in [-0.4, -0.2) is 49.3 Å². The highest BCUT2D eigenvalue weighted by Gasteiger charge is 2.55. The number of hydrogen-bond acceptors (Lipinski definition) is 4. The first-order chi connectivity index (χ1) is 15.9. The number of aliphatic hydroxyl groups is 1. The summed E-state index contributed by atoms with van der Waals surface area (Å²) in [6.45, 7) is 6.76. The highest BCUT2D eigenvalue weighted by molar-refractivity contribution is 5.89. The Labute approximate surface area is 196 Å². The molecule has 2 heterocycles. The lowest BCUT2D eigenvalue weighted by molar-refractivity contribution is -0.141. The number of amides is 1. The first kappa shape index (κ1) is 22.4. The van der Waals surface area contributed by atoms with Gasteiger partial charge in [0.05, 0.1) is 18.1 Å². The lowest BCUT2D eigenvalue weighted by Gasteiger charge is -2.40. The van der Waals surface area contributed by atoms with Crippen molar-refractivity contribution in [1.82, 2.24) is 4.90 Å². The standard InChI is InChI=1S/C28H35NO4/c1-19-14-20(2)16-23(15-19)27(10-12-33-13-11-27)26(30)29-17-21-8-9-28(31,25(21)18-29)22-4-6-24(32-3)7-5-22/h4-7,14-16,21,25,31H,8-13,17-18H2,1-3H3/t21-,25+,28+/m1/s1. The topological polar surface area (TPSA) is 59.0 Å². The second kappa shape index (κ2) is 8.44. The fourth-order valence-corrected chi connectivity index (χ4v) is 6.60. The lowest BCUT2D eigenvalue weighted by Crippen LogP contribution is -2.50. The Morgan fingerprint density at radius 3 is 2.30 bits per heavy atom. The zero-order valence-corrected chi connectivity index (χ0v) is 20.0. The predicted octanol–water partition coefficient (Wildman–Crippen LogP) is 4.12. The normalized spacial score (nSPS) is 28.5. The molecule has 1 N–H and O–H groups in total. The molecule has 176 valence electrons. The van der Waals surface area contributed by atoms with Crippen LogP contribution in [0, 0.1) is 25.7 Å². The molecule has 2 aromatic carbocycles. The molecule has 0 unspecified atom stereocenters. The largest absolute Gasteiger partial charge is 0.497 e. The third kappa shape index (κ3) is 3.75. The van der Waals surface area contributed by atoms with E-state index < -0.39 is 11.0 Å². The number of carbonyl (C=O) groups is 1. The van der Waals surface area contributed by atoms with Gasteiger partial charge in [0, 0.05) is 32.2 Å². The van der Waals surface area contributed by atoms with Gasteiger partial charge in [-0.2, -0.15) is 0 Å². The average molecular weight is 450 g/mol. The summed E-state index contributed by atoms with van der Waals surface area (Å²) in [7, 11) is 1.65. The summed E-state index contributed by atoms with van der Waals surface area (Å²) in [6, 6.07) is 14.3. The average Bonchev–Trinajstić information content (AvgIpc) is 3.39. The molecule has 1 saturated carbocycles. The van der Waals surface area contributed by atoms with Crippen LogP contribution in [-0.2, 0) is 20.5 Å². The number of nitrogens with zero attached hydrogens (tertiary/aromatic N) is 1. The van der Waals surface area contributed by atoms with Crippen molar-refractivity contribution in [2.45, 2.75) is 50.5 Å². The Hall–Kier alpha value is -2.37. The number of hydrogen-bond donors (Lipinski definition) is 1. The molecule has 1 aliphatic carbocycles. The van der Waals surface area contributed by atoms with Gasteiger partial charge < -0.3 is 19.5 Å². The van der Waals surface area contributed by atoms with Gasteiger partial charge in [0.1, 0.15) is 5.75 Å². The van der Waals surface area contributed by atoms with Crippen molar-refractivity contribution in [2.24, 2.45) is 11.8 Å². The second-order valence-electron chi connectivity index (χ2n) is 10.3. The minimum atomic E-state index is -0.894. The Morgan fingerprint density at radius 2 is 1.67 bits per heavy atom. The fourth-order valence-electron chi connectivity index (χ4n) is 6.60. The van der Waals surface area contributed by atoms with Crippen LogP contribution in [0.4, 0.5) is 0 Å². The van der Waals surface area contributed by atoms with E-state index in [9.17, 15) is 9.90 Å². The van der Waals surface area contributed by atoms with Crippen molar-refractivity contribution >= 4 is 5.91 Å². The zero-order chi connectivity index (χ0) is 23.2. The van der Waals surface area contributed by atoms with E-state index >= 15 is 0 Å². The van der Waals surface area contributed by atoms with Gasteiger partial charge in [-0.25, -0.2) is 0 Å². The van der Waals surface area contributed by atoms with Gasteiger partial charge in [-0.1, -0.05) is 41.5 Å². The molecule has 5 heteroatoms. The molecule has 0 spiro atoms. The summed E-state index contributed by atoms with van der Waals surface area (Å²) in [5.41, 5.74) is 3.00. The van der Waals surface area contributed by atoms with E-state index in [2.05, 4.69) is 32.0 Å². The summed E-state index contributed by atoms with van der Waals surface area (Å²) in [5, 5.41) is 11.8. The van der Waals surface area contributed by atoms with Gasteiger partial charge in [-0.3, -0.25) is 4.79 Å². The molecule has 1 amide bonds. The van der Waals surface area contributed by atoms with E-state index in [1.54, 1.807) is 7.11 Å². The number of fused-ring (bicyclic) bond motifs is 1. The van der Waals surface area contributed by atoms with E-state index in [0.29, 0.717) is 38.5 Å². The number of methoxy groups -OCH3 is 1. The van der Waals surface area contributed by atoms with Crippen molar-refractivity contribution < 1.29 is 19.4 Å². The van der Waals surface area contributed by atoms with Crippen LogP contribution in [0.5, 0.6) is 5.75 Å². The molecule has 0 bridgehead atoms. The molecular formula is C28H35NO4. The fraction of sp³-hybridized carbons (Fsp3) is 0.536. The zero-order valence-electron chi connectivity index (χ0n) is 20.0. The Kier molecular flexibility index (Phi) is 5.74. The molecule has 2 aliphatic heterocycles. The number of ether oxygens (including phenoxy) is 2. The molecule has 3 aliphatic rings. The number of aryl methyl sites for hydroxylation is 2. The molecular weight excluding hydrogens is 414 g/mol. The van der Waals surface area contributed by atoms with Crippen LogP contribution in [0.2, 0.25) is 0 Å². The summed E-state index contributed by atoms with van der Waals surface area (Å²) < 4.78 is 11.0. The van der Waals surface area contributed by atoms with Crippen molar-refractivity contribution in [2.75, 3.05) is 33.4 Å². The number of carbonyl (C=O) groups excluding carboxylic acids is 1. The van der Waals surface area contributed by atoms with Gasteiger partial charge in [0.25, 0.3) is 0 Å². The van der Waals surface area contributed by atoms with Gasteiger partial charge >= 0.3 is 0 Å². The highest BCUT2D eigenvalue weighted by Crippen LogP contribution is 2.51. The maximum Gasteiger partial charge on any atom is 0.233 e. The monoisotopic (exact) mass is 449 g/mol. The quantitative estimate of drug-likeness (QED) is 0.763. The SMILES string of the molecule is COc1ccc([C@@]2(O)CC[C@@H]3CN(C(=O)C4(c5cc(C)cc(C)c5)CCOCC4)C[C@@H]32)cc1. The van der Waals surface area contributed by atoms with E-state index in [1.807, 2.05) is 29.2 Å². The van der Waals surface area contributed by atoms with Crippen molar-refractivity contribution in [3.05, 3.63) is 64.7 Å². The van der Waals surface area contributed by atoms with Crippen LogP contribution in [0.1, 0.15) is 47.9 Å². The second-order valence-corrected chi connectivity index (χ2v) is 10.3. The number of rotatable bonds is 4. The Bertz CT molecular complexity index is 1010. The molecule has 2 aromatic rings. The molecule has 3 fully saturated rings. The number of benzene rings is 2. The van der Waals surface area contributed by atoms with E-state index in [0.717, 1.165) is 36.3 Å². The number of likely N-dealkylation sites (tertiary alicyclic amines) is 1. The van der Waals surface area contributed by atoms with E-state index in [1.165, 1.54) is 11.1 Å². The van der Waals surface area contributed by atoms with Crippen LogP contribution >= 0.6 is 0 Å². The highest BCUT2D eigenvalue weighted by atomic mass is 16.5. The minimum absolute atomic E-state index is 0.0611. The molecule has 2 saturated heterocycles. The summed E-state index contributed by atoms with van der Waals surface area (Å²) in [5.74, 6) is 1.39. The summed E-state index contributed by atoms with van der Waals surface area (Å²) in [6.07, 6.45) is 3.11. The Morgan fingerprint density at radius 1 is 1.00 bits per heavy atom. The van der Waals surface area contributed by atoms with Crippen LogP contribution in [0.3, 0.4) is 0 Å². The summed E-state index contributed by atoms with van der Waals surface area (Å²) >= 11 is 0. The third-order valence-corrected chi connectivity index (χ3v) is 8.36. The smallest absolute Gasteiger partial charge is 0.233 e. The first-order valence-electron chi connectivity index (χ1n) is 12.2. The third-order valence-electron chi connectivity index (χ3n) is 8.36. The predicted molar refractivity (Wildman–Crippen MR) is 127 cm³/mol. The lowest BCUT2D eigenvalue weighted by atomic mass is 9.72. The maximum absolute atomic E-state index is 14.2. The van der Waals surface area contributed by atoms with Gasteiger partial charge in [0.2, 0.25) is 5.91 Å². The molecule has 3 atom stereocenters. The van der Waals surface area contributed by atoms with Gasteiger partial charge in [-0.15, -0.1) is 0 Å². The molecule has 0 radical (unpaired) electrons. The molecule has 5 rings (SSSR count). The summed E-state index contributed by atoms with van der Waals surface area (Å²) in [4.78, 5) is 16.2. The van der Waals surface area contributed by atoms with Crippen molar-refractivity contribution in [3.63, 3.8) is 0 Å². The molecule has 0 aromatic heterocycles. The molecule has 5 nitrogen and oxygen atoms in total. The first-order valence-corrected chi connectivity index (χ1v) is 12.2. The Balaban J connectivity index is 1.43.